The Morgan fingerprint density at radius 1 is 1.47 bits per heavy atom. The summed E-state index contributed by atoms with van der Waals surface area (Å²) < 4.78 is 0. The van der Waals surface area contributed by atoms with Gasteiger partial charge in [0.15, 0.2) is 0 Å². The fourth-order valence-corrected chi connectivity index (χ4v) is 2.46. The topological polar surface area (TPSA) is 28.2 Å². The van der Waals surface area contributed by atoms with Gasteiger partial charge < -0.3 is 10.2 Å². The number of anilines is 1. The van der Waals surface area contributed by atoms with E-state index in [-0.39, 0.29) is 0 Å². The smallest absolute Gasteiger partial charge is 0.131 e. The quantitative estimate of drug-likeness (QED) is 0.837. The maximum Gasteiger partial charge on any atom is 0.131 e. The molecule has 0 radical (unpaired) electrons. The summed E-state index contributed by atoms with van der Waals surface area (Å²) in [6.45, 7) is 3.51. The Kier molecular flexibility index (Phi) is 4.63. The van der Waals surface area contributed by atoms with E-state index < -0.39 is 0 Å². The zero-order chi connectivity index (χ0) is 12.1. The van der Waals surface area contributed by atoms with E-state index in [1.807, 2.05) is 12.1 Å². The second-order valence-corrected chi connectivity index (χ2v) is 5.22. The highest BCUT2D eigenvalue weighted by molar-refractivity contribution is 6.29. The number of likely N-dealkylation sites (tertiary alicyclic amines) is 1. The Balaban J connectivity index is 1.69. The van der Waals surface area contributed by atoms with Crippen LogP contribution in [0.3, 0.4) is 0 Å². The minimum absolute atomic E-state index is 0.550. The number of nitrogens with zero attached hydrogens (tertiary/aromatic N) is 2. The third-order valence-electron chi connectivity index (χ3n) is 3.45. The molecule has 1 aromatic rings. The van der Waals surface area contributed by atoms with Crippen LogP contribution in [0.15, 0.2) is 18.3 Å². The highest BCUT2D eigenvalue weighted by Crippen LogP contribution is 2.20. The molecule has 0 aromatic carbocycles. The first-order valence-corrected chi connectivity index (χ1v) is 6.66. The van der Waals surface area contributed by atoms with Crippen molar-refractivity contribution in [1.82, 2.24) is 9.88 Å². The number of hydrogen-bond acceptors (Lipinski definition) is 3. The van der Waals surface area contributed by atoms with Gasteiger partial charge in [-0.2, -0.15) is 0 Å². The van der Waals surface area contributed by atoms with Gasteiger partial charge in [-0.3, -0.25) is 0 Å². The molecule has 17 heavy (non-hydrogen) atoms. The number of hydrogen-bond donors (Lipinski definition) is 1. The molecule has 0 aliphatic carbocycles. The van der Waals surface area contributed by atoms with Crippen molar-refractivity contribution in [2.75, 3.05) is 32.0 Å². The first kappa shape index (κ1) is 12.7. The number of aromatic nitrogens is 1. The molecule has 1 N–H and O–H groups in total. The molecule has 0 bridgehead atoms. The molecular weight excluding hydrogens is 234 g/mol. The minimum atomic E-state index is 0.550. The van der Waals surface area contributed by atoms with Gasteiger partial charge in [0.05, 0.1) is 0 Å². The van der Waals surface area contributed by atoms with Gasteiger partial charge >= 0.3 is 0 Å². The van der Waals surface area contributed by atoms with E-state index in [9.17, 15) is 0 Å². The van der Waals surface area contributed by atoms with Crippen molar-refractivity contribution in [3.63, 3.8) is 0 Å². The van der Waals surface area contributed by atoms with Crippen molar-refractivity contribution in [1.29, 1.82) is 0 Å². The third kappa shape index (κ3) is 4.17. The van der Waals surface area contributed by atoms with E-state index in [2.05, 4.69) is 22.2 Å². The summed E-state index contributed by atoms with van der Waals surface area (Å²) in [6.07, 6.45) is 5.64. The van der Waals surface area contributed by atoms with Crippen LogP contribution in [0.4, 0.5) is 5.69 Å². The lowest BCUT2D eigenvalue weighted by Crippen LogP contribution is -2.30. The summed E-state index contributed by atoms with van der Waals surface area (Å²) in [5, 5.41) is 3.96. The molecule has 1 aliphatic rings. The molecule has 2 heterocycles. The van der Waals surface area contributed by atoms with E-state index in [1.54, 1.807) is 6.20 Å². The average Bonchev–Trinajstić information content (AvgIpc) is 2.32. The van der Waals surface area contributed by atoms with Crippen molar-refractivity contribution < 1.29 is 0 Å². The molecule has 1 saturated heterocycles. The van der Waals surface area contributed by atoms with Gasteiger partial charge in [-0.05, 0) is 57.5 Å². The van der Waals surface area contributed by atoms with Crippen molar-refractivity contribution in [3.8, 4) is 0 Å². The molecule has 0 spiro atoms. The third-order valence-corrected chi connectivity index (χ3v) is 3.65. The lowest BCUT2D eigenvalue weighted by Gasteiger charge is -2.28. The predicted octanol–water partition coefficient (Wildman–Crippen LogP) is 2.88. The zero-order valence-electron chi connectivity index (χ0n) is 10.3. The van der Waals surface area contributed by atoms with Crippen LogP contribution in [0, 0.1) is 5.92 Å². The van der Waals surface area contributed by atoms with Gasteiger partial charge in [-0.15, -0.1) is 0 Å². The summed E-state index contributed by atoms with van der Waals surface area (Å²) in [5.41, 5.74) is 1.07. The van der Waals surface area contributed by atoms with E-state index in [0.717, 1.165) is 18.2 Å². The Hall–Kier alpha value is -0.800. The summed E-state index contributed by atoms with van der Waals surface area (Å²) >= 11 is 5.83. The molecule has 4 heteroatoms. The van der Waals surface area contributed by atoms with Gasteiger partial charge in [0, 0.05) is 18.4 Å². The maximum atomic E-state index is 5.83. The summed E-state index contributed by atoms with van der Waals surface area (Å²) in [6, 6.07) is 3.83. The Morgan fingerprint density at radius 3 is 2.94 bits per heavy atom. The van der Waals surface area contributed by atoms with E-state index >= 15 is 0 Å². The zero-order valence-corrected chi connectivity index (χ0v) is 11.1. The van der Waals surface area contributed by atoms with Crippen LogP contribution < -0.4 is 5.32 Å². The SMILES string of the molecule is CN1CCC(CCNc2ccnc(Cl)c2)CC1. The molecule has 3 nitrogen and oxygen atoms in total. The van der Waals surface area contributed by atoms with Crippen LogP contribution >= 0.6 is 11.6 Å². The molecule has 2 rings (SSSR count). The van der Waals surface area contributed by atoms with Crippen LogP contribution in [0.2, 0.25) is 5.15 Å². The average molecular weight is 254 g/mol. The molecule has 1 aromatic heterocycles. The molecule has 1 aliphatic heterocycles. The Morgan fingerprint density at radius 2 is 2.24 bits per heavy atom. The number of pyridine rings is 1. The fraction of sp³-hybridized carbons (Fsp3) is 0.615. The normalized spacial score (nSPS) is 18.2. The number of nitrogens with one attached hydrogen (secondary N) is 1. The van der Waals surface area contributed by atoms with Crippen LogP contribution in [0.25, 0.3) is 0 Å². The first-order valence-electron chi connectivity index (χ1n) is 6.28. The second-order valence-electron chi connectivity index (χ2n) is 4.83. The number of halogens is 1. The van der Waals surface area contributed by atoms with E-state index in [1.165, 1.54) is 32.4 Å². The van der Waals surface area contributed by atoms with E-state index in [0.29, 0.717) is 5.15 Å². The summed E-state index contributed by atoms with van der Waals surface area (Å²) in [4.78, 5) is 6.38. The number of piperidine rings is 1. The standard InChI is InChI=1S/C13H20ClN3/c1-17-8-4-11(5-9-17)2-6-15-12-3-7-16-13(14)10-12/h3,7,10-11H,2,4-6,8-9H2,1H3,(H,15,16). The van der Waals surface area contributed by atoms with E-state index in [4.69, 9.17) is 11.6 Å². The Bertz CT molecular complexity index is 348. The van der Waals surface area contributed by atoms with Crippen molar-refractivity contribution >= 4 is 17.3 Å². The molecule has 0 atom stereocenters. The lowest BCUT2D eigenvalue weighted by atomic mass is 9.94. The largest absolute Gasteiger partial charge is 0.385 e. The lowest BCUT2D eigenvalue weighted by molar-refractivity contribution is 0.215. The molecule has 94 valence electrons. The molecule has 1 fully saturated rings. The van der Waals surface area contributed by atoms with Crippen molar-refractivity contribution in [2.24, 2.45) is 5.92 Å². The Labute approximate surface area is 108 Å². The van der Waals surface area contributed by atoms with Crippen LogP contribution in [-0.4, -0.2) is 36.6 Å². The van der Waals surface area contributed by atoms with Gasteiger partial charge in [-0.1, -0.05) is 11.6 Å². The van der Waals surface area contributed by atoms with Crippen LogP contribution in [0.5, 0.6) is 0 Å². The van der Waals surface area contributed by atoms with Crippen molar-refractivity contribution in [2.45, 2.75) is 19.3 Å². The van der Waals surface area contributed by atoms with Crippen LogP contribution in [0.1, 0.15) is 19.3 Å². The molecule has 0 saturated carbocycles. The fourth-order valence-electron chi connectivity index (χ4n) is 2.28. The highest BCUT2D eigenvalue weighted by Gasteiger charge is 2.15. The molecule has 0 amide bonds. The first-order chi connectivity index (χ1) is 8.24. The van der Waals surface area contributed by atoms with Gasteiger partial charge in [0.1, 0.15) is 5.15 Å². The van der Waals surface area contributed by atoms with Gasteiger partial charge in [-0.25, -0.2) is 4.98 Å². The maximum absolute atomic E-state index is 5.83. The van der Waals surface area contributed by atoms with Gasteiger partial charge in [0.25, 0.3) is 0 Å². The second kappa shape index (κ2) is 6.22. The summed E-state index contributed by atoms with van der Waals surface area (Å²) in [5.74, 6) is 0.871. The van der Waals surface area contributed by atoms with Crippen LogP contribution in [-0.2, 0) is 0 Å². The molecular formula is C13H20ClN3. The van der Waals surface area contributed by atoms with Gasteiger partial charge in [0.2, 0.25) is 0 Å². The predicted molar refractivity (Wildman–Crippen MR) is 72.6 cm³/mol. The monoisotopic (exact) mass is 253 g/mol. The minimum Gasteiger partial charge on any atom is -0.385 e. The number of rotatable bonds is 4. The molecule has 0 unspecified atom stereocenters. The highest BCUT2D eigenvalue weighted by atomic mass is 35.5. The van der Waals surface area contributed by atoms with Crippen molar-refractivity contribution in [3.05, 3.63) is 23.5 Å². The summed E-state index contributed by atoms with van der Waals surface area (Å²) in [7, 11) is 2.20.